The van der Waals surface area contributed by atoms with Gasteiger partial charge in [-0.2, -0.15) is 5.10 Å². The van der Waals surface area contributed by atoms with Crippen molar-refractivity contribution in [2.75, 3.05) is 14.1 Å². The first-order valence-electron chi connectivity index (χ1n) is 6.35. The van der Waals surface area contributed by atoms with Gasteiger partial charge in [0.1, 0.15) is 0 Å². The predicted octanol–water partition coefficient (Wildman–Crippen LogP) is 0.270. The average Bonchev–Trinajstić information content (AvgIpc) is 2.38. The van der Waals surface area contributed by atoms with Crippen LogP contribution in [0, 0.1) is 11.8 Å². The van der Waals surface area contributed by atoms with Gasteiger partial charge in [-0.15, -0.1) is 0 Å². The lowest BCUT2D eigenvalue weighted by molar-refractivity contribution is -0.135. The molecule has 7 heteroatoms. The highest BCUT2D eigenvalue weighted by Gasteiger charge is 2.36. The van der Waals surface area contributed by atoms with Crippen LogP contribution >= 0.6 is 0 Å². The van der Waals surface area contributed by atoms with E-state index in [0.717, 1.165) is 6.42 Å². The first kappa shape index (κ1) is 15.9. The summed E-state index contributed by atoms with van der Waals surface area (Å²) in [5.74, 6) is -1.45. The van der Waals surface area contributed by atoms with E-state index in [9.17, 15) is 14.4 Å². The standard InChI is InChI=1S/C13H20N4O3/c1-8(15-16-13(14)20)11(12(19)17(2)3)9-6-4-5-7-10(9)18/h5,7,9,11H,4,6H2,1-3H3,(H3,14,16,20)/b15-8+. The van der Waals surface area contributed by atoms with Crippen molar-refractivity contribution in [1.29, 1.82) is 0 Å². The summed E-state index contributed by atoms with van der Waals surface area (Å²) in [6.07, 6.45) is 4.62. The molecule has 0 aromatic rings. The van der Waals surface area contributed by atoms with Gasteiger partial charge in [-0.05, 0) is 25.8 Å². The molecule has 0 spiro atoms. The molecule has 2 unspecified atom stereocenters. The molecule has 110 valence electrons. The Kier molecular flexibility index (Phi) is 5.42. The quantitative estimate of drug-likeness (QED) is 0.570. The lowest BCUT2D eigenvalue weighted by Gasteiger charge is -2.28. The molecule has 0 radical (unpaired) electrons. The fourth-order valence-corrected chi connectivity index (χ4v) is 2.21. The van der Waals surface area contributed by atoms with Crippen molar-refractivity contribution in [3.05, 3.63) is 12.2 Å². The van der Waals surface area contributed by atoms with Crippen LogP contribution in [0.1, 0.15) is 19.8 Å². The zero-order valence-corrected chi connectivity index (χ0v) is 11.9. The molecular weight excluding hydrogens is 260 g/mol. The lowest BCUT2D eigenvalue weighted by atomic mass is 9.79. The minimum Gasteiger partial charge on any atom is -0.350 e. The van der Waals surface area contributed by atoms with Crippen LogP contribution in [0.3, 0.4) is 0 Å². The molecule has 0 aliphatic heterocycles. The molecule has 0 heterocycles. The molecule has 1 rings (SSSR count). The van der Waals surface area contributed by atoms with E-state index in [1.807, 2.05) is 0 Å². The van der Waals surface area contributed by atoms with Gasteiger partial charge in [-0.25, -0.2) is 10.2 Å². The van der Waals surface area contributed by atoms with Crippen molar-refractivity contribution < 1.29 is 14.4 Å². The summed E-state index contributed by atoms with van der Waals surface area (Å²) in [5, 5.41) is 3.81. The van der Waals surface area contributed by atoms with Crippen LogP contribution in [0.2, 0.25) is 0 Å². The predicted molar refractivity (Wildman–Crippen MR) is 74.9 cm³/mol. The number of carbonyl (C=O) groups is 3. The zero-order valence-electron chi connectivity index (χ0n) is 11.9. The molecule has 1 aliphatic carbocycles. The van der Waals surface area contributed by atoms with Gasteiger partial charge in [-0.1, -0.05) is 6.08 Å². The van der Waals surface area contributed by atoms with Gasteiger partial charge in [0.25, 0.3) is 0 Å². The van der Waals surface area contributed by atoms with Crippen molar-refractivity contribution in [3.8, 4) is 0 Å². The van der Waals surface area contributed by atoms with E-state index in [1.165, 1.54) is 11.0 Å². The highest BCUT2D eigenvalue weighted by Crippen LogP contribution is 2.26. The molecule has 0 saturated heterocycles. The minimum absolute atomic E-state index is 0.0925. The lowest BCUT2D eigenvalue weighted by Crippen LogP contribution is -2.42. The smallest absolute Gasteiger partial charge is 0.332 e. The molecule has 3 N–H and O–H groups in total. The molecule has 0 bridgehead atoms. The Balaban J connectivity index is 3.05. The minimum atomic E-state index is -0.810. The van der Waals surface area contributed by atoms with Gasteiger partial charge in [0.15, 0.2) is 5.78 Å². The highest BCUT2D eigenvalue weighted by atomic mass is 16.2. The number of hydrogen-bond donors (Lipinski definition) is 2. The molecule has 0 fully saturated rings. The van der Waals surface area contributed by atoms with Crippen molar-refractivity contribution >= 4 is 23.4 Å². The van der Waals surface area contributed by atoms with E-state index in [0.29, 0.717) is 12.1 Å². The summed E-state index contributed by atoms with van der Waals surface area (Å²) in [5.41, 5.74) is 7.42. The van der Waals surface area contributed by atoms with E-state index in [2.05, 4.69) is 10.5 Å². The van der Waals surface area contributed by atoms with Crippen LogP contribution in [-0.4, -0.2) is 42.4 Å². The SMILES string of the molecule is C/C(=N\NC(N)=O)C(C(=O)N(C)C)C1CCC=CC1=O. The van der Waals surface area contributed by atoms with E-state index >= 15 is 0 Å². The van der Waals surface area contributed by atoms with Crippen LogP contribution in [0.25, 0.3) is 0 Å². The number of nitrogens with two attached hydrogens (primary N) is 1. The molecule has 0 aromatic carbocycles. The molecular formula is C13H20N4O3. The van der Waals surface area contributed by atoms with Gasteiger partial charge < -0.3 is 10.6 Å². The Morgan fingerprint density at radius 2 is 2.15 bits per heavy atom. The molecule has 0 saturated carbocycles. The first-order chi connectivity index (χ1) is 9.34. The number of urea groups is 1. The number of amides is 3. The number of rotatable bonds is 4. The fraction of sp³-hybridized carbons (Fsp3) is 0.538. The number of primary amides is 1. The molecule has 0 aromatic heterocycles. The zero-order chi connectivity index (χ0) is 15.3. The number of nitrogens with one attached hydrogen (secondary N) is 1. The molecule has 7 nitrogen and oxygen atoms in total. The summed E-state index contributed by atoms with van der Waals surface area (Å²) in [7, 11) is 3.24. The Bertz CT molecular complexity index is 468. The molecule has 3 amide bonds. The van der Waals surface area contributed by atoms with E-state index < -0.39 is 17.9 Å². The summed E-state index contributed by atoms with van der Waals surface area (Å²) < 4.78 is 0. The number of hydrogen-bond acceptors (Lipinski definition) is 4. The third-order valence-electron chi connectivity index (χ3n) is 3.19. The van der Waals surface area contributed by atoms with Gasteiger partial charge >= 0.3 is 6.03 Å². The van der Waals surface area contributed by atoms with Crippen molar-refractivity contribution in [3.63, 3.8) is 0 Å². The van der Waals surface area contributed by atoms with E-state index in [1.54, 1.807) is 27.1 Å². The normalized spacial score (nSPS) is 20.4. The summed E-state index contributed by atoms with van der Waals surface area (Å²) >= 11 is 0. The highest BCUT2D eigenvalue weighted by molar-refractivity contribution is 6.08. The Labute approximate surface area is 117 Å². The monoisotopic (exact) mass is 280 g/mol. The third-order valence-corrected chi connectivity index (χ3v) is 3.19. The molecule has 20 heavy (non-hydrogen) atoms. The van der Waals surface area contributed by atoms with Crippen LogP contribution in [0.4, 0.5) is 4.79 Å². The van der Waals surface area contributed by atoms with Crippen LogP contribution in [0.15, 0.2) is 17.3 Å². The van der Waals surface area contributed by atoms with Crippen molar-refractivity contribution in [1.82, 2.24) is 10.3 Å². The molecule has 1 aliphatic rings. The number of allylic oxidation sites excluding steroid dienone is 2. The summed E-state index contributed by atoms with van der Waals surface area (Å²) in [6, 6.07) is -0.810. The van der Waals surface area contributed by atoms with Gasteiger partial charge in [0.2, 0.25) is 5.91 Å². The maximum Gasteiger partial charge on any atom is 0.332 e. The third kappa shape index (κ3) is 3.91. The van der Waals surface area contributed by atoms with Gasteiger partial charge in [-0.3, -0.25) is 9.59 Å². The molecule has 2 atom stereocenters. The average molecular weight is 280 g/mol. The maximum absolute atomic E-state index is 12.3. The van der Waals surface area contributed by atoms with Crippen molar-refractivity contribution in [2.24, 2.45) is 22.7 Å². The second kappa shape index (κ2) is 6.83. The summed E-state index contributed by atoms with van der Waals surface area (Å²) in [4.78, 5) is 36.4. The van der Waals surface area contributed by atoms with Crippen LogP contribution < -0.4 is 11.2 Å². The van der Waals surface area contributed by atoms with Crippen molar-refractivity contribution in [2.45, 2.75) is 19.8 Å². The maximum atomic E-state index is 12.3. The second-order valence-corrected chi connectivity index (χ2v) is 4.93. The largest absolute Gasteiger partial charge is 0.350 e. The Hall–Kier alpha value is -2.18. The van der Waals surface area contributed by atoms with E-state index in [-0.39, 0.29) is 11.7 Å². The van der Waals surface area contributed by atoms with Crippen LogP contribution in [0.5, 0.6) is 0 Å². The van der Waals surface area contributed by atoms with Crippen LogP contribution in [-0.2, 0) is 9.59 Å². The Morgan fingerprint density at radius 1 is 1.50 bits per heavy atom. The van der Waals surface area contributed by atoms with Gasteiger partial charge in [0.05, 0.1) is 5.92 Å². The Morgan fingerprint density at radius 3 is 2.65 bits per heavy atom. The number of nitrogens with zero attached hydrogens (tertiary/aromatic N) is 2. The summed E-state index contributed by atoms with van der Waals surface area (Å²) in [6.45, 7) is 1.60. The van der Waals surface area contributed by atoms with Gasteiger partial charge in [0, 0.05) is 25.7 Å². The topological polar surface area (TPSA) is 105 Å². The number of ketones is 1. The second-order valence-electron chi connectivity index (χ2n) is 4.93. The number of carbonyl (C=O) groups excluding carboxylic acids is 3. The number of hydrazone groups is 1. The van der Waals surface area contributed by atoms with E-state index in [4.69, 9.17) is 5.73 Å². The fourth-order valence-electron chi connectivity index (χ4n) is 2.21. The first-order valence-corrected chi connectivity index (χ1v) is 6.35.